The van der Waals surface area contributed by atoms with Crippen LogP contribution in [0.4, 0.5) is 0 Å². The molecule has 0 bridgehead atoms. The lowest BCUT2D eigenvalue weighted by Crippen LogP contribution is -2.37. The van der Waals surface area contributed by atoms with Crippen LogP contribution in [-0.4, -0.2) is 25.0 Å². The third kappa shape index (κ3) is 3.90. The number of carbonyl (C=O) groups excluding carboxylic acids is 1. The minimum atomic E-state index is -0.0880. The van der Waals surface area contributed by atoms with Gasteiger partial charge in [0, 0.05) is 13.0 Å². The zero-order valence-electron chi connectivity index (χ0n) is 14.5. The van der Waals surface area contributed by atoms with Crippen LogP contribution in [0.25, 0.3) is 10.8 Å². The first-order valence-electron chi connectivity index (χ1n) is 8.77. The number of hydrogen-bond acceptors (Lipinski definition) is 3. The number of hydrogen-bond donors (Lipinski definition) is 1. The van der Waals surface area contributed by atoms with Crippen LogP contribution in [0.15, 0.2) is 66.7 Å². The summed E-state index contributed by atoms with van der Waals surface area (Å²) in [4.78, 5) is 12.2. The number of para-hydroxylation sites is 1. The van der Waals surface area contributed by atoms with Crippen molar-refractivity contribution in [3.63, 3.8) is 0 Å². The minimum absolute atomic E-state index is 0. The van der Waals surface area contributed by atoms with E-state index in [1.165, 1.54) is 16.3 Å². The van der Waals surface area contributed by atoms with E-state index in [1.807, 2.05) is 24.3 Å². The molecule has 26 heavy (non-hydrogen) atoms. The quantitative estimate of drug-likeness (QED) is 0.678. The first-order chi connectivity index (χ1) is 12.3. The van der Waals surface area contributed by atoms with Crippen LogP contribution in [-0.2, 0) is 6.42 Å². The maximum absolute atomic E-state index is 12.2. The van der Waals surface area contributed by atoms with Gasteiger partial charge in [0.15, 0.2) is 5.78 Å². The number of ketones is 1. The fourth-order valence-electron chi connectivity index (χ4n) is 3.45. The summed E-state index contributed by atoms with van der Waals surface area (Å²) in [5.74, 6) is 0.877. The summed E-state index contributed by atoms with van der Waals surface area (Å²) in [5.41, 5.74) is 2.05. The second kappa shape index (κ2) is 8.35. The highest BCUT2D eigenvalue weighted by molar-refractivity contribution is 5.99. The van der Waals surface area contributed by atoms with Gasteiger partial charge in [0.1, 0.15) is 11.9 Å². The lowest BCUT2D eigenvalue weighted by molar-refractivity contribution is 0.0849. The van der Waals surface area contributed by atoms with Gasteiger partial charge in [0.2, 0.25) is 0 Å². The Morgan fingerprint density at radius 3 is 2.65 bits per heavy atom. The number of Topliss-reactive ketones (excluding diaryl/α,β-unsaturated/α-hetero) is 1. The van der Waals surface area contributed by atoms with Crippen molar-refractivity contribution in [3.05, 3.63) is 77.9 Å². The van der Waals surface area contributed by atoms with Crippen molar-refractivity contribution in [1.29, 1.82) is 0 Å². The standard InChI is InChI=1S/C22H21NO2.ClH/c24-21-14-18(25-22-11-4-3-10-20(21)22)15-23-13-12-17-8-5-7-16-6-1-2-9-19(16)17;/h1-11,18,23H,12-15H2;1H/t18-;/m1./s1. The maximum atomic E-state index is 12.2. The topological polar surface area (TPSA) is 38.3 Å². The third-order valence-corrected chi connectivity index (χ3v) is 4.72. The first kappa shape index (κ1) is 18.4. The van der Waals surface area contributed by atoms with Crippen molar-refractivity contribution in [1.82, 2.24) is 5.32 Å². The smallest absolute Gasteiger partial charge is 0.170 e. The molecule has 1 heterocycles. The molecule has 134 valence electrons. The molecule has 0 aliphatic carbocycles. The van der Waals surface area contributed by atoms with Gasteiger partial charge in [-0.15, -0.1) is 12.4 Å². The molecule has 0 radical (unpaired) electrons. The largest absolute Gasteiger partial charge is 0.488 e. The Morgan fingerprint density at radius 1 is 0.962 bits per heavy atom. The van der Waals surface area contributed by atoms with E-state index >= 15 is 0 Å². The molecule has 0 amide bonds. The summed E-state index contributed by atoms with van der Waals surface area (Å²) in [7, 11) is 0. The van der Waals surface area contributed by atoms with Gasteiger partial charge >= 0.3 is 0 Å². The number of rotatable bonds is 5. The highest BCUT2D eigenvalue weighted by Crippen LogP contribution is 2.26. The van der Waals surface area contributed by atoms with Crippen molar-refractivity contribution >= 4 is 29.0 Å². The molecule has 4 heteroatoms. The van der Waals surface area contributed by atoms with Gasteiger partial charge in [-0.05, 0) is 41.4 Å². The average Bonchev–Trinajstić information content (AvgIpc) is 2.65. The van der Waals surface area contributed by atoms with Gasteiger partial charge in [0.05, 0.1) is 5.56 Å². The Morgan fingerprint density at radius 2 is 1.73 bits per heavy atom. The molecule has 1 aliphatic rings. The van der Waals surface area contributed by atoms with Gasteiger partial charge in [-0.2, -0.15) is 0 Å². The van der Waals surface area contributed by atoms with E-state index in [2.05, 4.69) is 47.8 Å². The predicted molar refractivity (Wildman–Crippen MR) is 108 cm³/mol. The fraction of sp³-hybridized carbons (Fsp3) is 0.227. The van der Waals surface area contributed by atoms with Crippen LogP contribution >= 0.6 is 12.4 Å². The SMILES string of the molecule is Cl.O=C1C[C@H](CNCCc2cccc3ccccc23)Oc2ccccc21. The van der Waals surface area contributed by atoms with Crippen LogP contribution in [0, 0.1) is 0 Å². The molecule has 0 spiro atoms. The first-order valence-corrected chi connectivity index (χ1v) is 8.77. The predicted octanol–water partition coefficient (Wildman–Crippen LogP) is 4.43. The van der Waals surface area contributed by atoms with E-state index in [0.29, 0.717) is 24.3 Å². The summed E-state index contributed by atoms with van der Waals surface area (Å²) in [6.45, 7) is 1.55. The average molecular weight is 368 g/mol. The molecule has 0 saturated carbocycles. The number of benzene rings is 3. The van der Waals surface area contributed by atoms with Crippen LogP contribution < -0.4 is 10.1 Å². The lowest BCUT2D eigenvalue weighted by Gasteiger charge is -2.25. The number of fused-ring (bicyclic) bond motifs is 2. The van der Waals surface area contributed by atoms with Crippen molar-refractivity contribution in [2.24, 2.45) is 0 Å². The lowest BCUT2D eigenvalue weighted by atomic mass is 10.0. The van der Waals surface area contributed by atoms with Gasteiger partial charge in [-0.25, -0.2) is 0 Å². The molecule has 0 unspecified atom stereocenters. The van der Waals surface area contributed by atoms with Crippen molar-refractivity contribution in [2.45, 2.75) is 18.9 Å². The second-order valence-corrected chi connectivity index (χ2v) is 6.46. The molecule has 0 saturated heterocycles. The maximum Gasteiger partial charge on any atom is 0.170 e. The van der Waals surface area contributed by atoms with Gasteiger partial charge in [0.25, 0.3) is 0 Å². The molecule has 0 fully saturated rings. The molecular formula is C22H22ClNO2. The highest BCUT2D eigenvalue weighted by atomic mass is 35.5. The summed E-state index contributed by atoms with van der Waals surface area (Å²) in [6.07, 6.45) is 1.31. The normalized spacial score (nSPS) is 15.8. The van der Waals surface area contributed by atoms with E-state index in [0.717, 1.165) is 13.0 Å². The number of ether oxygens (including phenoxy) is 1. The van der Waals surface area contributed by atoms with Gasteiger partial charge in [-0.1, -0.05) is 54.6 Å². The molecule has 1 N–H and O–H groups in total. The summed E-state index contributed by atoms with van der Waals surface area (Å²) in [6, 6.07) is 22.4. The molecule has 0 aromatic heterocycles. The molecule has 1 aliphatic heterocycles. The van der Waals surface area contributed by atoms with Crippen molar-refractivity contribution in [2.75, 3.05) is 13.1 Å². The third-order valence-electron chi connectivity index (χ3n) is 4.72. The Hall–Kier alpha value is -2.36. The number of halogens is 1. The molecular weight excluding hydrogens is 346 g/mol. The number of nitrogens with one attached hydrogen (secondary N) is 1. The molecule has 1 atom stereocenters. The molecule has 3 aromatic rings. The van der Waals surface area contributed by atoms with Crippen LogP contribution in [0.5, 0.6) is 5.75 Å². The molecule has 3 nitrogen and oxygen atoms in total. The fourth-order valence-corrected chi connectivity index (χ4v) is 3.45. The van der Waals surface area contributed by atoms with Crippen LogP contribution in [0.3, 0.4) is 0 Å². The zero-order chi connectivity index (χ0) is 17.1. The summed E-state index contributed by atoms with van der Waals surface area (Å²) in [5, 5.41) is 6.03. The van der Waals surface area contributed by atoms with Gasteiger partial charge < -0.3 is 10.1 Å². The Labute approximate surface area is 159 Å². The number of carbonyl (C=O) groups is 1. The van der Waals surface area contributed by atoms with E-state index in [9.17, 15) is 4.79 Å². The monoisotopic (exact) mass is 367 g/mol. The summed E-state index contributed by atoms with van der Waals surface area (Å²) < 4.78 is 5.94. The Bertz CT molecular complexity index is 904. The van der Waals surface area contributed by atoms with E-state index in [4.69, 9.17) is 4.74 Å². The van der Waals surface area contributed by atoms with E-state index in [1.54, 1.807) is 0 Å². The van der Waals surface area contributed by atoms with Crippen molar-refractivity contribution in [3.8, 4) is 5.75 Å². The van der Waals surface area contributed by atoms with Crippen LogP contribution in [0.1, 0.15) is 22.3 Å². The Kier molecular flexibility index (Phi) is 5.92. The highest BCUT2D eigenvalue weighted by Gasteiger charge is 2.25. The Balaban J connectivity index is 0.00000196. The zero-order valence-corrected chi connectivity index (χ0v) is 15.3. The molecule has 4 rings (SSSR count). The van der Waals surface area contributed by atoms with E-state index in [-0.39, 0.29) is 24.3 Å². The van der Waals surface area contributed by atoms with E-state index < -0.39 is 0 Å². The van der Waals surface area contributed by atoms with Crippen LogP contribution in [0.2, 0.25) is 0 Å². The summed E-state index contributed by atoms with van der Waals surface area (Å²) >= 11 is 0. The minimum Gasteiger partial charge on any atom is -0.488 e. The van der Waals surface area contributed by atoms with Gasteiger partial charge in [-0.3, -0.25) is 4.79 Å². The van der Waals surface area contributed by atoms with Crippen molar-refractivity contribution < 1.29 is 9.53 Å². The second-order valence-electron chi connectivity index (χ2n) is 6.46. The molecule has 3 aromatic carbocycles.